The van der Waals surface area contributed by atoms with Crippen LogP contribution < -0.4 is 11.1 Å². The highest BCUT2D eigenvalue weighted by atomic mass is 16.1. The average molecular weight is 234 g/mol. The third kappa shape index (κ3) is 4.10. The summed E-state index contributed by atoms with van der Waals surface area (Å²) < 4.78 is 0. The van der Waals surface area contributed by atoms with Crippen molar-refractivity contribution in [2.24, 2.45) is 5.41 Å². The minimum absolute atomic E-state index is 0.000834. The molecule has 0 fully saturated rings. The quantitative estimate of drug-likeness (QED) is 0.772. The first-order valence-corrected chi connectivity index (χ1v) is 5.85. The van der Waals surface area contributed by atoms with Crippen molar-refractivity contribution in [2.45, 2.75) is 41.0 Å². The fourth-order valence-electron chi connectivity index (χ4n) is 1.65. The van der Waals surface area contributed by atoms with Crippen LogP contribution in [-0.2, 0) is 4.79 Å². The van der Waals surface area contributed by atoms with E-state index in [-0.39, 0.29) is 11.3 Å². The van der Waals surface area contributed by atoms with Crippen LogP contribution in [-0.4, -0.2) is 5.91 Å². The van der Waals surface area contributed by atoms with E-state index in [2.05, 4.69) is 5.32 Å². The Kier molecular flexibility index (Phi) is 3.81. The molecule has 0 aliphatic carbocycles. The lowest BCUT2D eigenvalue weighted by Crippen LogP contribution is -2.20. The number of nitrogens with two attached hydrogens (primary N) is 1. The van der Waals surface area contributed by atoms with Gasteiger partial charge in [-0.05, 0) is 42.5 Å². The molecule has 17 heavy (non-hydrogen) atoms. The van der Waals surface area contributed by atoms with E-state index in [1.165, 1.54) is 0 Å². The number of hydrogen-bond donors (Lipinski definition) is 2. The zero-order valence-corrected chi connectivity index (χ0v) is 11.3. The van der Waals surface area contributed by atoms with Gasteiger partial charge in [-0.2, -0.15) is 0 Å². The van der Waals surface area contributed by atoms with Crippen molar-refractivity contribution >= 4 is 17.3 Å². The minimum atomic E-state index is 0.000834. The summed E-state index contributed by atoms with van der Waals surface area (Å²) in [7, 11) is 0. The van der Waals surface area contributed by atoms with Crippen LogP contribution in [0.1, 0.15) is 38.3 Å². The maximum absolute atomic E-state index is 11.8. The van der Waals surface area contributed by atoms with E-state index in [0.29, 0.717) is 6.42 Å². The van der Waals surface area contributed by atoms with Crippen molar-refractivity contribution in [3.05, 3.63) is 23.3 Å². The second-order valence-corrected chi connectivity index (χ2v) is 5.81. The molecular weight excluding hydrogens is 212 g/mol. The summed E-state index contributed by atoms with van der Waals surface area (Å²) in [5.41, 5.74) is 9.41. The molecule has 1 amide bonds. The van der Waals surface area contributed by atoms with Gasteiger partial charge in [0.2, 0.25) is 5.91 Å². The van der Waals surface area contributed by atoms with Gasteiger partial charge >= 0.3 is 0 Å². The van der Waals surface area contributed by atoms with E-state index in [1.54, 1.807) is 0 Å². The molecule has 0 atom stereocenters. The fraction of sp³-hybridized carbons (Fsp3) is 0.500. The van der Waals surface area contributed by atoms with Crippen LogP contribution in [0.4, 0.5) is 11.4 Å². The molecule has 3 nitrogen and oxygen atoms in total. The fourth-order valence-corrected chi connectivity index (χ4v) is 1.65. The molecule has 0 radical (unpaired) electrons. The molecule has 1 rings (SSSR count). The van der Waals surface area contributed by atoms with Crippen molar-refractivity contribution in [3.8, 4) is 0 Å². The van der Waals surface area contributed by atoms with Crippen LogP contribution in [0.5, 0.6) is 0 Å². The molecule has 1 aromatic carbocycles. The Morgan fingerprint density at radius 1 is 1.24 bits per heavy atom. The third-order valence-corrected chi connectivity index (χ3v) is 2.58. The normalized spacial score (nSPS) is 11.4. The van der Waals surface area contributed by atoms with E-state index in [0.717, 1.165) is 22.5 Å². The third-order valence-electron chi connectivity index (χ3n) is 2.58. The summed E-state index contributed by atoms with van der Waals surface area (Å²) in [5.74, 6) is 0.0461. The van der Waals surface area contributed by atoms with Gasteiger partial charge in [0, 0.05) is 17.8 Å². The zero-order valence-electron chi connectivity index (χ0n) is 11.3. The molecular formula is C14H22N2O. The lowest BCUT2D eigenvalue weighted by Gasteiger charge is -2.18. The lowest BCUT2D eigenvalue weighted by molar-refractivity contribution is -0.117. The molecule has 0 saturated heterocycles. The largest absolute Gasteiger partial charge is 0.399 e. The number of aryl methyl sites for hydroxylation is 2. The highest BCUT2D eigenvalue weighted by Gasteiger charge is 2.16. The summed E-state index contributed by atoms with van der Waals surface area (Å²) in [6.45, 7) is 10.0. The molecule has 0 heterocycles. The van der Waals surface area contributed by atoms with Crippen molar-refractivity contribution < 1.29 is 4.79 Å². The molecule has 3 heteroatoms. The smallest absolute Gasteiger partial charge is 0.224 e. The first-order chi connectivity index (χ1) is 7.69. The van der Waals surface area contributed by atoms with Gasteiger partial charge in [-0.25, -0.2) is 0 Å². The minimum Gasteiger partial charge on any atom is -0.399 e. The molecule has 0 aromatic heterocycles. The van der Waals surface area contributed by atoms with Gasteiger partial charge in [0.1, 0.15) is 0 Å². The summed E-state index contributed by atoms with van der Waals surface area (Å²) in [4.78, 5) is 11.8. The summed E-state index contributed by atoms with van der Waals surface area (Å²) in [5, 5.41) is 2.94. The van der Waals surface area contributed by atoms with Crippen LogP contribution in [0.3, 0.4) is 0 Å². The highest BCUT2D eigenvalue weighted by molar-refractivity contribution is 5.92. The Labute approximate surface area is 103 Å². The van der Waals surface area contributed by atoms with Gasteiger partial charge in [0.05, 0.1) is 0 Å². The molecule has 0 aliphatic heterocycles. The van der Waals surface area contributed by atoms with Crippen LogP contribution in [0.2, 0.25) is 0 Å². The first-order valence-electron chi connectivity index (χ1n) is 5.85. The first kappa shape index (κ1) is 13.6. The average Bonchev–Trinajstić information content (AvgIpc) is 2.11. The van der Waals surface area contributed by atoms with E-state index < -0.39 is 0 Å². The van der Waals surface area contributed by atoms with Crippen LogP contribution >= 0.6 is 0 Å². The van der Waals surface area contributed by atoms with Gasteiger partial charge in [-0.1, -0.05) is 20.8 Å². The SMILES string of the molecule is Cc1cc(NC(=O)CC(C)(C)C)c(C)cc1N. The van der Waals surface area contributed by atoms with E-state index in [1.807, 2.05) is 46.8 Å². The van der Waals surface area contributed by atoms with Crippen molar-refractivity contribution in [1.29, 1.82) is 0 Å². The van der Waals surface area contributed by atoms with Crippen molar-refractivity contribution in [1.82, 2.24) is 0 Å². The number of anilines is 2. The maximum atomic E-state index is 11.8. The summed E-state index contributed by atoms with van der Waals surface area (Å²) in [6, 6.07) is 3.81. The molecule has 1 aromatic rings. The van der Waals surface area contributed by atoms with Gasteiger partial charge in [0.25, 0.3) is 0 Å². The van der Waals surface area contributed by atoms with Gasteiger partial charge in [-0.15, -0.1) is 0 Å². The predicted octanol–water partition coefficient (Wildman–Crippen LogP) is 3.26. The standard InChI is InChI=1S/C14H22N2O/c1-9-7-12(10(2)6-11(9)15)16-13(17)8-14(3,4)5/h6-7H,8,15H2,1-5H3,(H,16,17). The van der Waals surface area contributed by atoms with Crippen molar-refractivity contribution in [2.75, 3.05) is 11.1 Å². The predicted molar refractivity (Wildman–Crippen MR) is 73.0 cm³/mol. The van der Waals surface area contributed by atoms with Crippen LogP contribution in [0.25, 0.3) is 0 Å². The molecule has 0 unspecified atom stereocenters. The molecule has 0 bridgehead atoms. The molecule has 94 valence electrons. The second-order valence-electron chi connectivity index (χ2n) is 5.81. The summed E-state index contributed by atoms with van der Waals surface area (Å²) >= 11 is 0. The zero-order chi connectivity index (χ0) is 13.2. The number of hydrogen-bond acceptors (Lipinski definition) is 2. The van der Waals surface area contributed by atoms with Crippen molar-refractivity contribution in [3.63, 3.8) is 0 Å². The number of rotatable bonds is 2. The number of nitrogens with one attached hydrogen (secondary N) is 1. The lowest BCUT2D eigenvalue weighted by atomic mass is 9.92. The Bertz CT molecular complexity index is 431. The Balaban J connectivity index is 2.82. The maximum Gasteiger partial charge on any atom is 0.224 e. The van der Waals surface area contributed by atoms with Gasteiger partial charge < -0.3 is 11.1 Å². The van der Waals surface area contributed by atoms with Crippen LogP contribution in [0.15, 0.2) is 12.1 Å². The number of carbonyl (C=O) groups is 1. The van der Waals surface area contributed by atoms with E-state index in [4.69, 9.17) is 5.73 Å². The Morgan fingerprint density at radius 3 is 2.35 bits per heavy atom. The van der Waals surface area contributed by atoms with Gasteiger partial charge in [-0.3, -0.25) is 4.79 Å². The Hall–Kier alpha value is -1.51. The number of nitrogen functional groups attached to an aromatic ring is 1. The number of benzene rings is 1. The van der Waals surface area contributed by atoms with Gasteiger partial charge in [0.15, 0.2) is 0 Å². The number of carbonyl (C=O) groups excluding carboxylic acids is 1. The molecule has 0 aliphatic rings. The summed E-state index contributed by atoms with van der Waals surface area (Å²) in [6.07, 6.45) is 0.510. The topological polar surface area (TPSA) is 55.1 Å². The molecule has 0 saturated carbocycles. The van der Waals surface area contributed by atoms with E-state index >= 15 is 0 Å². The number of amides is 1. The highest BCUT2D eigenvalue weighted by Crippen LogP contribution is 2.24. The molecule has 0 spiro atoms. The second kappa shape index (κ2) is 4.78. The van der Waals surface area contributed by atoms with Crippen LogP contribution in [0, 0.1) is 19.3 Å². The van der Waals surface area contributed by atoms with E-state index in [9.17, 15) is 4.79 Å². The Morgan fingerprint density at radius 2 is 1.82 bits per heavy atom. The molecule has 3 N–H and O–H groups in total. The monoisotopic (exact) mass is 234 g/mol.